The molecule has 2 aromatic carbocycles. The highest BCUT2D eigenvalue weighted by Crippen LogP contribution is 2.33. The van der Waals surface area contributed by atoms with Gasteiger partial charge in [-0.1, -0.05) is 39.5 Å². The van der Waals surface area contributed by atoms with Gasteiger partial charge in [-0.15, -0.1) is 0 Å². The Morgan fingerprint density at radius 2 is 1.38 bits per heavy atom. The van der Waals surface area contributed by atoms with Gasteiger partial charge in [0, 0.05) is 36.4 Å². The SMILES string of the molecule is COC(=O)N[C@H](C(=O)N1CCC(C(=O)Nc2ccc(C#Cc3ccc4nc([C@@H]5CCCN5C(=O)[C@@H](NC(=O)OC)C(C)C)[nH]c4c3)cc2)C1)C(C)C.S.S.S. The van der Waals surface area contributed by atoms with Gasteiger partial charge in [0.2, 0.25) is 17.7 Å². The minimum Gasteiger partial charge on any atom is -0.453 e. The molecular formula is C38H53N7O7S3. The van der Waals surface area contributed by atoms with E-state index in [2.05, 4.69) is 37.5 Å². The third-order valence-electron chi connectivity index (χ3n) is 9.51. The number of hydrogen-bond donors (Lipinski definition) is 4. The lowest BCUT2D eigenvalue weighted by Gasteiger charge is -2.29. The molecule has 17 heteroatoms. The maximum atomic E-state index is 13.5. The van der Waals surface area contributed by atoms with E-state index in [9.17, 15) is 24.0 Å². The van der Waals surface area contributed by atoms with Crippen LogP contribution in [0, 0.1) is 29.6 Å². The van der Waals surface area contributed by atoms with Crippen LogP contribution in [0.5, 0.6) is 0 Å². The largest absolute Gasteiger partial charge is 0.453 e. The molecule has 2 saturated heterocycles. The summed E-state index contributed by atoms with van der Waals surface area (Å²) in [4.78, 5) is 74.8. The van der Waals surface area contributed by atoms with E-state index in [4.69, 9.17) is 9.72 Å². The van der Waals surface area contributed by atoms with Crippen LogP contribution in [0.1, 0.15) is 70.0 Å². The Labute approximate surface area is 342 Å². The highest BCUT2D eigenvalue weighted by Gasteiger charge is 2.38. The Hall–Kier alpha value is -4.53. The molecule has 0 aliphatic carbocycles. The Bertz CT molecular complexity index is 1880. The number of rotatable bonds is 9. The maximum Gasteiger partial charge on any atom is 0.407 e. The molecule has 2 fully saturated rings. The number of nitrogens with one attached hydrogen (secondary N) is 4. The number of nitrogens with zero attached hydrogens (tertiary/aromatic N) is 3. The monoisotopic (exact) mass is 815 g/mol. The van der Waals surface area contributed by atoms with Crippen molar-refractivity contribution in [3.63, 3.8) is 0 Å². The van der Waals surface area contributed by atoms with Crippen LogP contribution in [0.4, 0.5) is 15.3 Å². The number of fused-ring (bicyclic) bond motifs is 1. The molecule has 5 rings (SSSR count). The first-order valence-corrected chi connectivity index (χ1v) is 17.6. The fourth-order valence-electron chi connectivity index (χ4n) is 6.55. The zero-order chi connectivity index (χ0) is 37.5. The molecule has 0 radical (unpaired) electrons. The van der Waals surface area contributed by atoms with Gasteiger partial charge in [-0.05, 0) is 73.6 Å². The van der Waals surface area contributed by atoms with Crippen molar-refractivity contribution >= 4 is 87.1 Å². The lowest BCUT2D eigenvalue weighted by molar-refractivity contribution is -0.135. The van der Waals surface area contributed by atoms with Gasteiger partial charge in [0.25, 0.3) is 0 Å². The van der Waals surface area contributed by atoms with Gasteiger partial charge in [0.05, 0.1) is 37.2 Å². The average molecular weight is 816 g/mol. The molecule has 0 bridgehead atoms. The second-order valence-corrected chi connectivity index (χ2v) is 13.8. The van der Waals surface area contributed by atoms with Crippen LogP contribution >= 0.6 is 40.5 Å². The van der Waals surface area contributed by atoms with Gasteiger partial charge < -0.3 is 40.2 Å². The fourth-order valence-corrected chi connectivity index (χ4v) is 6.55. The topological polar surface area (TPSA) is 175 Å². The third-order valence-corrected chi connectivity index (χ3v) is 9.51. The molecule has 3 heterocycles. The number of carbonyl (C=O) groups excluding carboxylic acids is 5. The fraction of sp³-hybridized carbons (Fsp3) is 0.474. The first kappa shape index (κ1) is 46.6. The van der Waals surface area contributed by atoms with Crippen LogP contribution in [0.25, 0.3) is 11.0 Å². The molecule has 4 atom stereocenters. The third kappa shape index (κ3) is 11.5. The van der Waals surface area contributed by atoms with Crippen molar-refractivity contribution in [3.8, 4) is 11.8 Å². The highest BCUT2D eigenvalue weighted by atomic mass is 32.1. The van der Waals surface area contributed by atoms with E-state index in [-0.39, 0.29) is 88.5 Å². The number of aromatic nitrogens is 2. The number of aromatic amines is 1. The van der Waals surface area contributed by atoms with E-state index < -0.39 is 24.3 Å². The van der Waals surface area contributed by atoms with Crippen LogP contribution in [-0.2, 0) is 23.9 Å². The van der Waals surface area contributed by atoms with E-state index >= 15 is 0 Å². The Morgan fingerprint density at radius 3 is 1.98 bits per heavy atom. The maximum absolute atomic E-state index is 13.5. The molecule has 1 unspecified atom stereocenters. The van der Waals surface area contributed by atoms with E-state index in [0.717, 1.165) is 35.0 Å². The summed E-state index contributed by atoms with van der Waals surface area (Å²) in [5.74, 6) is 5.84. The smallest absolute Gasteiger partial charge is 0.407 e. The van der Waals surface area contributed by atoms with Gasteiger partial charge >= 0.3 is 12.2 Å². The van der Waals surface area contributed by atoms with Gasteiger partial charge in [-0.2, -0.15) is 40.5 Å². The number of ether oxygens (including phenoxy) is 2. The van der Waals surface area contributed by atoms with E-state index in [0.29, 0.717) is 31.0 Å². The number of likely N-dealkylation sites (tertiary alicyclic amines) is 2. The quantitative estimate of drug-likeness (QED) is 0.228. The first-order chi connectivity index (χ1) is 24.9. The number of carbonyl (C=O) groups is 5. The van der Waals surface area contributed by atoms with Crippen LogP contribution < -0.4 is 16.0 Å². The van der Waals surface area contributed by atoms with Gasteiger partial charge in [0.15, 0.2) is 0 Å². The summed E-state index contributed by atoms with van der Waals surface area (Å²) >= 11 is 0. The van der Waals surface area contributed by atoms with Crippen molar-refractivity contribution in [2.75, 3.05) is 39.2 Å². The van der Waals surface area contributed by atoms with E-state index in [1.54, 1.807) is 21.9 Å². The molecule has 300 valence electrons. The van der Waals surface area contributed by atoms with Crippen molar-refractivity contribution in [1.29, 1.82) is 0 Å². The summed E-state index contributed by atoms with van der Waals surface area (Å²) in [7, 11) is 2.53. The summed E-state index contributed by atoms with van der Waals surface area (Å²) in [5.41, 5.74) is 3.74. The Kier molecular flexibility index (Phi) is 17.8. The second-order valence-electron chi connectivity index (χ2n) is 13.8. The molecule has 3 aromatic rings. The minimum absolute atomic E-state index is 0. The van der Waals surface area contributed by atoms with Crippen LogP contribution in [0.2, 0.25) is 0 Å². The molecular weight excluding hydrogens is 763 g/mol. The lowest BCUT2D eigenvalue weighted by Crippen LogP contribution is -2.51. The molecule has 2 aliphatic heterocycles. The molecule has 1 aromatic heterocycles. The van der Waals surface area contributed by atoms with Crippen LogP contribution in [-0.4, -0.2) is 95.6 Å². The van der Waals surface area contributed by atoms with Crippen molar-refractivity contribution < 1.29 is 33.4 Å². The Balaban J connectivity index is 0.00000348. The minimum atomic E-state index is -0.733. The zero-order valence-electron chi connectivity index (χ0n) is 31.9. The molecule has 5 amide bonds. The first-order valence-electron chi connectivity index (χ1n) is 17.6. The van der Waals surface area contributed by atoms with Crippen molar-refractivity contribution in [2.45, 2.75) is 65.1 Å². The molecule has 0 spiro atoms. The van der Waals surface area contributed by atoms with E-state index in [1.807, 2.05) is 58.0 Å². The number of anilines is 1. The molecule has 55 heavy (non-hydrogen) atoms. The van der Waals surface area contributed by atoms with Crippen molar-refractivity contribution in [1.82, 2.24) is 30.4 Å². The molecule has 4 N–H and O–H groups in total. The number of amides is 5. The lowest BCUT2D eigenvalue weighted by atomic mass is 10.0. The molecule has 2 aliphatic rings. The number of hydrogen-bond acceptors (Lipinski definition) is 8. The number of H-pyrrole nitrogens is 1. The van der Waals surface area contributed by atoms with Crippen molar-refractivity contribution in [3.05, 3.63) is 59.4 Å². The number of alkyl carbamates (subject to hydrolysis) is 2. The highest BCUT2D eigenvalue weighted by molar-refractivity contribution is 7.59. The zero-order valence-corrected chi connectivity index (χ0v) is 34.9. The average Bonchev–Trinajstić information content (AvgIpc) is 3.91. The summed E-state index contributed by atoms with van der Waals surface area (Å²) in [6.45, 7) is 8.72. The van der Waals surface area contributed by atoms with Gasteiger partial charge in [-0.3, -0.25) is 14.4 Å². The van der Waals surface area contributed by atoms with E-state index in [1.165, 1.54) is 14.2 Å². The molecule has 14 nitrogen and oxygen atoms in total. The standard InChI is InChI=1S/C38H47N7O7.3H2S/c1-22(2)31(42-37(49)51-5)35(47)44-19-17-26(21-44)34(46)39-27-14-11-24(12-15-27)9-10-25-13-16-28-29(20-25)41-33(40-28)30-8-7-18-45(30)36(48)32(23(3)4)43-38(50)52-6;;;/h11-16,20,22-23,26,30-32H,7-8,17-19,21H2,1-6H3,(H,39,46)(H,40,41)(H,42,49)(H,43,50);3*1H2/t26?,30-,31-,32-;;;/m0.../s1. The van der Waals surface area contributed by atoms with Crippen molar-refractivity contribution in [2.24, 2.45) is 17.8 Å². The number of methoxy groups -OCH3 is 2. The normalized spacial score (nSPS) is 17.1. The van der Waals surface area contributed by atoms with Gasteiger partial charge in [0.1, 0.15) is 17.9 Å². The summed E-state index contributed by atoms with van der Waals surface area (Å²) < 4.78 is 9.39. The van der Waals surface area contributed by atoms with Gasteiger partial charge in [-0.25, -0.2) is 14.6 Å². The Morgan fingerprint density at radius 1 is 0.800 bits per heavy atom. The van der Waals surface area contributed by atoms with Crippen LogP contribution in [0.15, 0.2) is 42.5 Å². The van der Waals surface area contributed by atoms with Crippen LogP contribution in [0.3, 0.4) is 0 Å². The summed E-state index contributed by atoms with van der Waals surface area (Å²) in [6, 6.07) is 11.3. The second kappa shape index (κ2) is 21.0. The number of benzene rings is 2. The molecule has 0 saturated carbocycles. The predicted molar refractivity (Wildman–Crippen MR) is 225 cm³/mol. The summed E-state index contributed by atoms with van der Waals surface area (Å²) in [5, 5.41) is 8.21. The number of imidazole rings is 1. The summed E-state index contributed by atoms with van der Waals surface area (Å²) in [6.07, 6.45) is 0.796. The predicted octanol–water partition coefficient (Wildman–Crippen LogP) is 4.51.